The van der Waals surface area contributed by atoms with Crippen molar-refractivity contribution in [1.29, 1.82) is 0 Å². The molecule has 4 heavy (non-hydrogen) atoms. The molecule has 0 saturated carbocycles. The van der Waals surface area contributed by atoms with E-state index in [1.165, 1.54) is 0 Å². The summed E-state index contributed by atoms with van der Waals surface area (Å²) in [4.78, 5) is 0. The van der Waals surface area contributed by atoms with Crippen LogP contribution in [0.3, 0.4) is 0 Å². The fourth-order valence-corrected chi connectivity index (χ4v) is 0. The Morgan fingerprint density at radius 2 is 1.25 bits per heavy atom. The standard InChI is InChI=1S/C2H.2Al.4H2/c1-2;;;;;;/h1H;;;4*1H/q-1;;;;;;. The first-order valence-electron chi connectivity index (χ1n) is 0.289. The van der Waals surface area contributed by atoms with Gasteiger partial charge in [0, 0.05) is 40.4 Å². The Morgan fingerprint density at radius 1 is 1.25 bits per heavy atom. The normalized spacial score (nSPS) is 0.500. The van der Waals surface area contributed by atoms with Gasteiger partial charge in [-0.15, -0.1) is 0 Å². The predicted octanol–water partition coefficient (Wildman–Crippen LogP) is 0.428. The van der Waals surface area contributed by atoms with Gasteiger partial charge < -0.3 is 12.8 Å². The molecular weight excluding hydrogens is 78.0 g/mol. The van der Waals surface area contributed by atoms with Crippen LogP contribution in [0.2, 0.25) is 0 Å². The molecule has 0 rings (SSSR count). The highest BCUT2D eigenvalue weighted by molar-refractivity contribution is 5.76. The third kappa shape index (κ3) is 17.7. The van der Waals surface area contributed by atoms with Gasteiger partial charge >= 0.3 is 0 Å². The molecule has 0 N–H and O–H groups in total. The summed E-state index contributed by atoms with van der Waals surface area (Å²) >= 11 is 0. The summed E-state index contributed by atoms with van der Waals surface area (Å²) < 4.78 is 0. The van der Waals surface area contributed by atoms with Crippen molar-refractivity contribution in [1.82, 2.24) is 0 Å². The van der Waals surface area contributed by atoms with Gasteiger partial charge in [0.25, 0.3) is 0 Å². The van der Waals surface area contributed by atoms with Gasteiger partial charge in [0.15, 0.2) is 0 Å². The van der Waals surface area contributed by atoms with E-state index in [4.69, 9.17) is 6.42 Å². The highest BCUT2D eigenvalue weighted by Gasteiger charge is 0.0622. The third-order valence-electron chi connectivity index (χ3n) is 0. The van der Waals surface area contributed by atoms with Crippen LogP contribution in [0, 0.1) is 12.8 Å². The molecule has 6 radical (unpaired) electrons. The Labute approximate surface area is 53.8 Å². The molecule has 0 amide bonds. The highest BCUT2D eigenvalue weighted by atomic mass is 27.0. The van der Waals surface area contributed by atoms with Gasteiger partial charge in [0.2, 0.25) is 0 Å². The van der Waals surface area contributed by atoms with Crippen molar-refractivity contribution in [2.75, 3.05) is 0 Å². The molecule has 0 aliphatic heterocycles. The summed E-state index contributed by atoms with van der Waals surface area (Å²) in [5.74, 6) is 0. The third-order valence-corrected chi connectivity index (χ3v) is 0. The Bertz CT molecular complexity index is 16.8. The molecule has 24 valence electrons. The minimum absolute atomic E-state index is 0. The lowest BCUT2D eigenvalue weighted by molar-refractivity contribution is 2.90. The van der Waals surface area contributed by atoms with Gasteiger partial charge in [0.05, 0.1) is 0 Å². The second kappa shape index (κ2) is 64.0. The molecule has 0 aliphatic carbocycles. The minimum Gasteiger partial charge on any atom is -0.697 e. The molecule has 0 aliphatic rings. The maximum Gasteiger partial charge on any atom is 0 e. The SMILES string of the molecule is [Al].[Al].[C-]#C.[HH].[HH].[HH].[HH]. The van der Waals surface area contributed by atoms with Crippen LogP contribution in [-0.2, 0) is 0 Å². The Hall–Kier alpha value is 0.625. The average molecular weight is 87.1 g/mol. The summed E-state index contributed by atoms with van der Waals surface area (Å²) in [7, 11) is 0. The molecular formula is C2H9Al2-. The lowest BCUT2D eigenvalue weighted by atomic mass is 11.4. The predicted molar refractivity (Wildman–Crippen MR) is 28.2 cm³/mol. The summed E-state index contributed by atoms with van der Waals surface area (Å²) in [6.45, 7) is 0. The number of hydrogen-bond acceptors (Lipinski definition) is 0. The fourth-order valence-electron chi connectivity index (χ4n) is 0. The van der Waals surface area contributed by atoms with Crippen LogP contribution in [0.4, 0.5) is 0 Å². The number of terminal acetylenes is 1. The second-order valence-corrected chi connectivity index (χ2v) is 0. The fraction of sp³-hybridized carbons (Fsp3) is 0. The highest BCUT2D eigenvalue weighted by Crippen LogP contribution is 0.620. The summed E-state index contributed by atoms with van der Waals surface area (Å²) in [5.41, 5.74) is 0. The van der Waals surface area contributed by atoms with E-state index in [0.29, 0.717) is 0 Å². The lowest BCUT2D eigenvalue weighted by Gasteiger charge is -1.14. The largest absolute Gasteiger partial charge is 0.697 e. The molecule has 0 atom stereocenters. The Balaban J connectivity index is -0.000000000333. The van der Waals surface area contributed by atoms with E-state index in [9.17, 15) is 0 Å². The van der Waals surface area contributed by atoms with Gasteiger partial charge in [-0.2, -0.15) is 0 Å². The molecule has 0 bridgehead atoms. The zero-order chi connectivity index (χ0) is 2.00. The molecule has 0 fully saturated rings. The van der Waals surface area contributed by atoms with Gasteiger partial charge in [-0.1, -0.05) is 0 Å². The molecule has 0 unspecified atom stereocenters. The molecule has 0 nitrogen and oxygen atoms in total. The first-order valence-corrected chi connectivity index (χ1v) is 0.289. The molecule has 0 aromatic rings. The van der Waals surface area contributed by atoms with E-state index in [0.717, 1.165) is 0 Å². The van der Waals surface area contributed by atoms with Crippen LogP contribution < -0.4 is 0 Å². The lowest BCUT2D eigenvalue weighted by Crippen LogP contribution is -0.537. The van der Waals surface area contributed by atoms with Gasteiger partial charge in [-0.25, -0.2) is 0 Å². The number of hydrogen-bond donors (Lipinski definition) is 0. The van der Waals surface area contributed by atoms with Crippen LogP contribution in [0.15, 0.2) is 0 Å². The molecule has 0 spiro atoms. The van der Waals surface area contributed by atoms with Crippen molar-refractivity contribution in [3.05, 3.63) is 6.42 Å². The summed E-state index contributed by atoms with van der Waals surface area (Å²) in [6, 6.07) is 0. The van der Waals surface area contributed by atoms with Crippen molar-refractivity contribution in [3.63, 3.8) is 0 Å². The van der Waals surface area contributed by atoms with E-state index in [-0.39, 0.29) is 40.4 Å². The Morgan fingerprint density at radius 3 is 1.25 bits per heavy atom. The minimum atomic E-state index is 0. The first kappa shape index (κ1) is 23.0. The second-order valence-electron chi connectivity index (χ2n) is 0. The van der Waals surface area contributed by atoms with Crippen molar-refractivity contribution in [2.24, 2.45) is 0 Å². The van der Waals surface area contributed by atoms with E-state index >= 15 is 0 Å². The van der Waals surface area contributed by atoms with Gasteiger partial charge in [-0.05, 0) is 0 Å². The van der Waals surface area contributed by atoms with Crippen molar-refractivity contribution < 1.29 is 5.71 Å². The zero-order valence-electron chi connectivity index (χ0n) is 2.23. The van der Waals surface area contributed by atoms with Crippen molar-refractivity contribution in [2.45, 2.75) is 0 Å². The summed E-state index contributed by atoms with van der Waals surface area (Å²) in [6.07, 6.45) is 9.00. The van der Waals surface area contributed by atoms with Crippen molar-refractivity contribution >= 4 is 34.7 Å². The average Bonchev–Trinajstić information content (AvgIpc) is 1.00. The van der Waals surface area contributed by atoms with E-state index in [1.54, 1.807) is 0 Å². The molecule has 0 heterocycles. The maximum absolute atomic E-state index is 5.25. The van der Waals surface area contributed by atoms with Crippen LogP contribution in [0.25, 0.3) is 0 Å². The molecule has 0 aromatic heterocycles. The van der Waals surface area contributed by atoms with Crippen LogP contribution in [0.5, 0.6) is 0 Å². The zero-order valence-corrected chi connectivity index (χ0v) is 4.54. The monoisotopic (exact) mass is 87.0 g/mol. The molecule has 2 heteroatoms. The maximum atomic E-state index is 5.25. The first-order chi connectivity index (χ1) is 1.00. The quantitative estimate of drug-likeness (QED) is 0.228. The van der Waals surface area contributed by atoms with Crippen LogP contribution >= 0.6 is 0 Å². The van der Waals surface area contributed by atoms with E-state index in [1.807, 2.05) is 0 Å². The molecule has 0 saturated heterocycles. The van der Waals surface area contributed by atoms with Crippen LogP contribution in [-0.4, -0.2) is 34.7 Å². The van der Waals surface area contributed by atoms with E-state index in [2.05, 4.69) is 6.42 Å². The van der Waals surface area contributed by atoms with Gasteiger partial charge in [-0.3, -0.25) is 0 Å². The van der Waals surface area contributed by atoms with Gasteiger partial charge in [0.1, 0.15) is 0 Å². The number of rotatable bonds is 0. The molecule has 0 aromatic carbocycles. The van der Waals surface area contributed by atoms with E-state index < -0.39 is 0 Å². The van der Waals surface area contributed by atoms with Crippen LogP contribution in [0.1, 0.15) is 5.71 Å². The smallest absolute Gasteiger partial charge is 0 e. The van der Waals surface area contributed by atoms with Crippen molar-refractivity contribution in [3.8, 4) is 6.42 Å². The Kier molecular flexibility index (Phi) is 368. The summed E-state index contributed by atoms with van der Waals surface area (Å²) in [5, 5.41) is 0. The topological polar surface area (TPSA) is 0 Å².